The van der Waals surface area contributed by atoms with Gasteiger partial charge in [0.15, 0.2) is 0 Å². The Labute approximate surface area is 111 Å². The number of carbonyl (C=O) groups excluding carboxylic acids is 1. The van der Waals surface area contributed by atoms with Crippen LogP contribution in [0.5, 0.6) is 0 Å². The number of nitriles is 1. The zero-order chi connectivity index (χ0) is 13.8. The van der Waals surface area contributed by atoms with E-state index in [1.165, 1.54) is 0 Å². The molecule has 1 saturated heterocycles. The van der Waals surface area contributed by atoms with Gasteiger partial charge in [-0.3, -0.25) is 4.79 Å². The van der Waals surface area contributed by atoms with Crippen LogP contribution in [0.3, 0.4) is 0 Å². The molecule has 0 radical (unpaired) electrons. The first-order valence-corrected chi connectivity index (χ1v) is 6.78. The molecule has 0 aliphatic carbocycles. The maximum Gasteiger partial charge on any atom is 0.242 e. The van der Waals surface area contributed by atoms with Crippen molar-refractivity contribution in [1.82, 2.24) is 9.80 Å². The fraction of sp³-hybridized carbons (Fsp3) is 0.857. The first-order valence-electron chi connectivity index (χ1n) is 6.78. The Balaban J connectivity index is 2.53. The molecule has 1 aliphatic rings. The van der Waals surface area contributed by atoms with Crippen LogP contribution in [0.2, 0.25) is 0 Å². The van der Waals surface area contributed by atoms with E-state index in [9.17, 15) is 4.79 Å². The van der Waals surface area contributed by atoms with Crippen LogP contribution in [0.1, 0.15) is 33.1 Å². The molecule has 0 aromatic rings. The van der Waals surface area contributed by atoms with Crippen molar-refractivity contribution in [1.29, 1.82) is 5.26 Å². The topological polar surface area (TPSA) is 47.3 Å². The van der Waals surface area contributed by atoms with Crippen LogP contribution in [-0.2, 0) is 4.79 Å². The van der Waals surface area contributed by atoms with E-state index in [1.807, 2.05) is 14.0 Å². The highest BCUT2D eigenvalue weighted by Gasteiger charge is 2.34. The average Bonchev–Trinajstić information content (AvgIpc) is 2.39. The molecule has 1 fully saturated rings. The first kappa shape index (κ1) is 15.0. The third-order valence-electron chi connectivity index (χ3n) is 4.14. The number of piperidine rings is 1. The smallest absolute Gasteiger partial charge is 0.242 e. The van der Waals surface area contributed by atoms with Gasteiger partial charge in [0.05, 0.1) is 6.07 Å². The molecular weight excluding hydrogens is 226 g/mol. The Hall–Kier alpha value is -1.08. The lowest BCUT2D eigenvalue weighted by Gasteiger charge is -2.33. The van der Waals surface area contributed by atoms with Crippen LogP contribution >= 0.6 is 0 Å². The zero-order valence-corrected chi connectivity index (χ0v) is 12.1. The molecule has 1 amide bonds. The maximum atomic E-state index is 12.3. The minimum absolute atomic E-state index is 0.0357. The second-order valence-electron chi connectivity index (χ2n) is 5.73. The van der Waals surface area contributed by atoms with E-state index in [-0.39, 0.29) is 5.91 Å². The van der Waals surface area contributed by atoms with E-state index in [2.05, 4.69) is 18.0 Å². The molecule has 1 rings (SSSR count). The molecular formula is C14H25N3O. The van der Waals surface area contributed by atoms with E-state index in [1.54, 1.807) is 11.8 Å². The number of carbonyl (C=O) groups is 1. The van der Waals surface area contributed by atoms with Crippen molar-refractivity contribution in [2.75, 3.05) is 33.7 Å². The van der Waals surface area contributed by atoms with Gasteiger partial charge in [0.1, 0.15) is 5.41 Å². The molecule has 18 heavy (non-hydrogen) atoms. The number of rotatable bonds is 4. The van der Waals surface area contributed by atoms with Gasteiger partial charge in [0.25, 0.3) is 0 Å². The average molecular weight is 251 g/mol. The SMILES string of the molecule is CCC(C)(C#N)C(=O)N(C)CC1CCN(C)CC1. The first-order chi connectivity index (χ1) is 8.42. The van der Waals surface area contributed by atoms with Crippen molar-refractivity contribution < 1.29 is 4.79 Å². The van der Waals surface area contributed by atoms with Crippen LogP contribution in [0, 0.1) is 22.7 Å². The molecule has 1 aliphatic heterocycles. The molecule has 0 spiro atoms. The summed E-state index contributed by atoms with van der Waals surface area (Å²) in [5.41, 5.74) is -0.861. The quantitative estimate of drug-likeness (QED) is 0.764. The number of hydrogen-bond donors (Lipinski definition) is 0. The van der Waals surface area contributed by atoms with Crippen LogP contribution < -0.4 is 0 Å². The highest BCUT2D eigenvalue weighted by atomic mass is 16.2. The second kappa shape index (κ2) is 6.19. The summed E-state index contributed by atoms with van der Waals surface area (Å²) in [6, 6.07) is 2.15. The van der Waals surface area contributed by atoms with Gasteiger partial charge >= 0.3 is 0 Å². The van der Waals surface area contributed by atoms with Crippen LogP contribution in [0.4, 0.5) is 0 Å². The molecule has 0 saturated carbocycles. The number of hydrogen-bond acceptors (Lipinski definition) is 3. The monoisotopic (exact) mass is 251 g/mol. The number of amides is 1. The van der Waals surface area contributed by atoms with Crippen molar-refractivity contribution in [3.63, 3.8) is 0 Å². The summed E-state index contributed by atoms with van der Waals surface area (Å²) in [6.45, 7) is 6.63. The predicted octanol–water partition coefficient (Wildman–Crippen LogP) is 1.73. The van der Waals surface area contributed by atoms with Gasteiger partial charge in [0, 0.05) is 13.6 Å². The Morgan fingerprint density at radius 2 is 2.06 bits per heavy atom. The summed E-state index contributed by atoms with van der Waals surface area (Å²) >= 11 is 0. The van der Waals surface area contributed by atoms with Gasteiger partial charge in [-0.25, -0.2) is 0 Å². The van der Waals surface area contributed by atoms with E-state index >= 15 is 0 Å². The highest BCUT2D eigenvalue weighted by molar-refractivity contribution is 5.84. The van der Waals surface area contributed by atoms with Gasteiger partial charge in [-0.05, 0) is 52.2 Å². The molecule has 102 valence electrons. The van der Waals surface area contributed by atoms with Gasteiger partial charge in [-0.2, -0.15) is 5.26 Å². The molecule has 0 N–H and O–H groups in total. The van der Waals surface area contributed by atoms with E-state index in [0.717, 1.165) is 32.5 Å². The van der Waals surface area contributed by atoms with Crippen LogP contribution in [-0.4, -0.2) is 49.4 Å². The van der Waals surface area contributed by atoms with Crippen molar-refractivity contribution in [3.05, 3.63) is 0 Å². The lowest BCUT2D eigenvalue weighted by Crippen LogP contribution is -2.43. The normalized spacial score (nSPS) is 21.1. The summed E-state index contributed by atoms with van der Waals surface area (Å²) < 4.78 is 0. The maximum absolute atomic E-state index is 12.3. The van der Waals surface area contributed by atoms with Crippen molar-refractivity contribution >= 4 is 5.91 Å². The molecule has 1 heterocycles. The minimum Gasteiger partial charge on any atom is -0.344 e. The minimum atomic E-state index is -0.861. The number of likely N-dealkylation sites (tertiary alicyclic amines) is 1. The van der Waals surface area contributed by atoms with Gasteiger partial charge in [-0.15, -0.1) is 0 Å². The van der Waals surface area contributed by atoms with Gasteiger partial charge in [-0.1, -0.05) is 6.92 Å². The molecule has 0 aromatic heterocycles. The summed E-state index contributed by atoms with van der Waals surface area (Å²) in [5, 5.41) is 9.14. The van der Waals surface area contributed by atoms with Crippen molar-refractivity contribution in [2.45, 2.75) is 33.1 Å². The second-order valence-corrected chi connectivity index (χ2v) is 5.73. The van der Waals surface area contributed by atoms with Gasteiger partial charge in [0.2, 0.25) is 5.91 Å². The fourth-order valence-electron chi connectivity index (χ4n) is 2.41. The molecule has 0 aromatic carbocycles. The van der Waals surface area contributed by atoms with E-state index in [0.29, 0.717) is 12.3 Å². The fourth-order valence-corrected chi connectivity index (χ4v) is 2.41. The Morgan fingerprint density at radius 3 is 2.50 bits per heavy atom. The Kier molecular flexibility index (Phi) is 5.15. The lowest BCUT2D eigenvalue weighted by atomic mass is 9.87. The van der Waals surface area contributed by atoms with Crippen molar-refractivity contribution in [2.24, 2.45) is 11.3 Å². The summed E-state index contributed by atoms with van der Waals surface area (Å²) in [6.07, 6.45) is 2.85. The van der Waals surface area contributed by atoms with Gasteiger partial charge < -0.3 is 9.80 Å². The highest BCUT2D eigenvalue weighted by Crippen LogP contribution is 2.24. The largest absolute Gasteiger partial charge is 0.344 e. The van der Waals surface area contributed by atoms with Crippen LogP contribution in [0.15, 0.2) is 0 Å². The third-order valence-corrected chi connectivity index (χ3v) is 4.14. The summed E-state index contributed by atoms with van der Waals surface area (Å²) in [4.78, 5) is 16.3. The standard InChI is InChI=1S/C14H25N3O/c1-5-14(2,11-15)13(18)17(4)10-12-6-8-16(3)9-7-12/h12H,5-10H2,1-4H3. The third kappa shape index (κ3) is 3.46. The molecule has 0 bridgehead atoms. The molecule has 1 unspecified atom stereocenters. The van der Waals surface area contributed by atoms with E-state index < -0.39 is 5.41 Å². The lowest BCUT2D eigenvalue weighted by molar-refractivity contribution is -0.137. The Morgan fingerprint density at radius 1 is 1.50 bits per heavy atom. The number of nitrogens with zero attached hydrogens (tertiary/aromatic N) is 3. The summed E-state index contributed by atoms with van der Waals surface area (Å²) in [5.74, 6) is 0.543. The predicted molar refractivity (Wildman–Crippen MR) is 71.9 cm³/mol. The molecule has 4 nitrogen and oxygen atoms in total. The van der Waals surface area contributed by atoms with Crippen molar-refractivity contribution in [3.8, 4) is 6.07 Å². The molecule has 4 heteroatoms. The van der Waals surface area contributed by atoms with Crippen LogP contribution in [0.25, 0.3) is 0 Å². The Bertz CT molecular complexity index is 328. The van der Waals surface area contributed by atoms with E-state index in [4.69, 9.17) is 5.26 Å². The zero-order valence-electron chi connectivity index (χ0n) is 12.1. The molecule has 1 atom stereocenters. The summed E-state index contributed by atoms with van der Waals surface area (Å²) in [7, 11) is 3.96.